The molecule has 0 radical (unpaired) electrons. The Labute approximate surface area is 203 Å². The van der Waals surface area contributed by atoms with Gasteiger partial charge in [0.1, 0.15) is 5.78 Å². The number of aromatic nitrogens is 2. The summed E-state index contributed by atoms with van der Waals surface area (Å²) in [4.78, 5) is 18.3. The van der Waals surface area contributed by atoms with E-state index in [0.29, 0.717) is 43.2 Å². The highest BCUT2D eigenvalue weighted by Gasteiger charge is 2.36. The fourth-order valence-corrected chi connectivity index (χ4v) is 5.58. The van der Waals surface area contributed by atoms with Crippen molar-refractivity contribution in [3.63, 3.8) is 0 Å². The maximum Gasteiger partial charge on any atom is 0.223 e. The number of nitrogens with zero attached hydrogens (tertiary/aromatic N) is 2. The molecule has 2 heterocycles. The van der Waals surface area contributed by atoms with Gasteiger partial charge in [0.2, 0.25) is 11.7 Å². The van der Waals surface area contributed by atoms with Gasteiger partial charge in [-0.1, -0.05) is 23.1 Å². The van der Waals surface area contributed by atoms with Gasteiger partial charge in [0, 0.05) is 19.8 Å². The van der Waals surface area contributed by atoms with Crippen molar-refractivity contribution < 1.29 is 18.8 Å². The standard InChI is InChI=1S/C27H28N2O4S/c1-18-28-26(29-33-18)25-10-8-22(34-25)13-16-27(14-11-20(30)12-15-27)19-7-9-23(31-2)24(17-19)32-21-5-3-4-6-21/h7-10,17,21H,3-6,11-12,14-15H2,1-2H3. The van der Waals surface area contributed by atoms with Crippen LogP contribution in [0.3, 0.4) is 0 Å². The molecule has 34 heavy (non-hydrogen) atoms. The summed E-state index contributed by atoms with van der Waals surface area (Å²) in [6.45, 7) is 1.78. The van der Waals surface area contributed by atoms with Crippen LogP contribution in [0.1, 0.15) is 67.7 Å². The summed E-state index contributed by atoms with van der Waals surface area (Å²) in [6, 6.07) is 10.1. The van der Waals surface area contributed by atoms with E-state index in [1.165, 1.54) is 12.8 Å². The summed E-state index contributed by atoms with van der Waals surface area (Å²) >= 11 is 1.54. The van der Waals surface area contributed by atoms with Gasteiger partial charge in [0.05, 0.1) is 28.4 Å². The molecule has 0 spiro atoms. The van der Waals surface area contributed by atoms with Crippen LogP contribution in [0.4, 0.5) is 0 Å². The SMILES string of the molecule is COc1ccc(C2(C#Cc3ccc(-c4noc(C)n4)s3)CCC(=O)CC2)cc1OC1CCCC1. The number of methoxy groups -OCH3 is 1. The second kappa shape index (κ2) is 9.63. The quantitative estimate of drug-likeness (QED) is 0.429. The van der Waals surface area contributed by atoms with E-state index in [9.17, 15) is 4.79 Å². The van der Waals surface area contributed by atoms with E-state index < -0.39 is 5.41 Å². The molecule has 0 aliphatic heterocycles. The van der Waals surface area contributed by atoms with E-state index in [2.05, 4.69) is 34.1 Å². The van der Waals surface area contributed by atoms with Gasteiger partial charge in [0.25, 0.3) is 0 Å². The fourth-order valence-electron chi connectivity index (χ4n) is 4.80. The topological polar surface area (TPSA) is 74.5 Å². The van der Waals surface area contributed by atoms with Gasteiger partial charge in [-0.25, -0.2) is 0 Å². The highest BCUT2D eigenvalue weighted by atomic mass is 32.1. The minimum absolute atomic E-state index is 0.234. The van der Waals surface area contributed by atoms with Crippen molar-refractivity contribution in [3.05, 3.63) is 46.7 Å². The van der Waals surface area contributed by atoms with Crippen LogP contribution >= 0.6 is 11.3 Å². The number of ether oxygens (including phenoxy) is 2. The van der Waals surface area contributed by atoms with E-state index >= 15 is 0 Å². The summed E-state index contributed by atoms with van der Waals surface area (Å²) in [5.41, 5.74) is 0.688. The van der Waals surface area contributed by atoms with E-state index in [0.717, 1.165) is 39.7 Å². The van der Waals surface area contributed by atoms with Crippen LogP contribution in [0.15, 0.2) is 34.9 Å². The predicted molar refractivity (Wildman–Crippen MR) is 130 cm³/mol. The average Bonchev–Trinajstić information content (AvgIpc) is 3.61. The summed E-state index contributed by atoms with van der Waals surface area (Å²) in [5, 5.41) is 4.00. The molecule has 5 rings (SSSR count). The highest BCUT2D eigenvalue weighted by Crippen LogP contribution is 2.42. The largest absolute Gasteiger partial charge is 0.493 e. The molecule has 3 aromatic rings. The molecule has 0 bridgehead atoms. The minimum Gasteiger partial charge on any atom is -0.493 e. The summed E-state index contributed by atoms with van der Waals surface area (Å²) < 4.78 is 17.0. The first-order valence-corrected chi connectivity index (χ1v) is 12.7. The lowest BCUT2D eigenvalue weighted by molar-refractivity contribution is -0.120. The molecule has 0 unspecified atom stereocenters. The van der Waals surface area contributed by atoms with Gasteiger partial charge in [-0.3, -0.25) is 4.79 Å². The molecule has 2 aromatic heterocycles. The van der Waals surface area contributed by atoms with Gasteiger partial charge in [0.15, 0.2) is 11.5 Å². The average molecular weight is 477 g/mol. The number of hydrogen-bond donors (Lipinski definition) is 0. The van der Waals surface area contributed by atoms with Crippen LogP contribution in [0.2, 0.25) is 0 Å². The van der Waals surface area contributed by atoms with Gasteiger partial charge >= 0.3 is 0 Å². The van der Waals surface area contributed by atoms with Crippen LogP contribution in [0.25, 0.3) is 10.7 Å². The number of thiophene rings is 1. The molecule has 2 fully saturated rings. The first kappa shape index (κ1) is 22.7. The Balaban J connectivity index is 1.47. The van der Waals surface area contributed by atoms with Crippen LogP contribution in [-0.2, 0) is 10.2 Å². The summed E-state index contributed by atoms with van der Waals surface area (Å²) in [5.74, 6) is 9.89. The normalized spacial score (nSPS) is 17.9. The lowest BCUT2D eigenvalue weighted by atomic mass is 9.69. The lowest BCUT2D eigenvalue weighted by Gasteiger charge is -2.33. The van der Waals surface area contributed by atoms with Crippen molar-refractivity contribution in [1.82, 2.24) is 10.1 Å². The Kier molecular flexibility index (Phi) is 6.42. The van der Waals surface area contributed by atoms with E-state index in [1.807, 2.05) is 18.2 Å². The van der Waals surface area contributed by atoms with Crippen molar-refractivity contribution in [3.8, 4) is 34.0 Å². The summed E-state index contributed by atoms with van der Waals surface area (Å²) in [7, 11) is 1.67. The van der Waals surface area contributed by atoms with Gasteiger partial charge in [-0.2, -0.15) is 4.98 Å². The number of rotatable bonds is 5. The third kappa shape index (κ3) is 4.74. The fraction of sp³-hybridized carbons (Fsp3) is 0.444. The molecule has 7 heteroatoms. The molecular weight excluding hydrogens is 448 g/mol. The van der Waals surface area contributed by atoms with Crippen molar-refractivity contribution in [2.75, 3.05) is 7.11 Å². The molecule has 2 saturated carbocycles. The highest BCUT2D eigenvalue weighted by molar-refractivity contribution is 7.15. The van der Waals surface area contributed by atoms with E-state index in [1.54, 1.807) is 25.4 Å². The molecule has 1 aromatic carbocycles. The molecule has 2 aliphatic carbocycles. The number of carbonyl (C=O) groups is 1. The van der Waals surface area contributed by atoms with Crippen LogP contribution in [-0.4, -0.2) is 29.1 Å². The molecule has 176 valence electrons. The molecule has 0 atom stereocenters. The number of carbonyl (C=O) groups excluding carboxylic acids is 1. The lowest BCUT2D eigenvalue weighted by Crippen LogP contribution is -2.30. The second-order valence-corrected chi connectivity index (χ2v) is 10.1. The van der Waals surface area contributed by atoms with Crippen LogP contribution < -0.4 is 9.47 Å². The number of aryl methyl sites for hydroxylation is 1. The Bertz CT molecular complexity index is 1230. The maximum absolute atomic E-state index is 12.1. The second-order valence-electron chi connectivity index (χ2n) is 9.06. The van der Waals surface area contributed by atoms with Crippen LogP contribution in [0.5, 0.6) is 11.5 Å². The maximum atomic E-state index is 12.1. The number of benzene rings is 1. The zero-order valence-electron chi connectivity index (χ0n) is 19.6. The Morgan fingerprint density at radius 2 is 1.91 bits per heavy atom. The monoisotopic (exact) mass is 476 g/mol. The van der Waals surface area contributed by atoms with Crippen LogP contribution in [0, 0.1) is 18.8 Å². The van der Waals surface area contributed by atoms with Crippen molar-refractivity contribution in [2.24, 2.45) is 0 Å². The molecule has 6 nitrogen and oxygen atoms in total. The van der Waals surface area contributed by atoms with Gasteiger partial charge < -0.3 is 14.0 Å². The predicted octanol–water partition coefficient (Wildman–Crippen LogP) is 5.87. The zero-order valence-corrected chi connectivity index (χ0v) is 20.4. The van der Waals surface area contributed by atoms with Gasteiger partial charge in [-0.15, -0.1) is 11.3 Å². The van der Waals surface area contributed by atoms with E-state index in [-0.39, 0.29) is 6.10 Å². The zero-order chi connectivity index (χ0) is 23.5. The Hall–Kier alpha value is -3.11. The summed E-state index contributed by atoms with van der Waals surface area (Å²) in [6.07, 6.45) is 7.28. The van der Waals surface area contributed by atoms with Crippen molar-refractivity contribution in [2.45, 2.75) is 69.8 Å². The van der Waals surface area contributed by atoms with Crippen molar-refractivity contribution in [1.29, 1.82) is 0 Å². The Morgan fingerprint density at radius 1 is 1.12 bits per heavy atom. The molecular formula is C27H28N2O4S. The van der Waals surface area contributed by atoms with E-state index in [4.69, 9.17) is 14.0 Å². The molecule has 2 aliphatic rings. The molecule has 0 saturated heterocycles. The smallest absolute Gasteiger partial charge is 0.223 e. The Morgan fingerprint density at radius 3 is 2.62 bits per heavy atom. The van der Waals surface area contributed by atoms with Crippen molar-refractivity contribution >= 4 is 17.1 Å². The molecule has 0 amide bonds. The number of Topliss-reactive ketones (excluding diaryl/α,β-unsaturated/α-hetero) is 1. The third-order valence-electron chi connectivity index (χ3n) is 6.75. The first-order chi connectivity index (χ1) is 16.5. The number of hydrogen-bond acceptors (Lipinski definition) is 7. The molecule has 0 N–H and O–H groups in total. The first-order valence-electron chi connectivity index (χ1n) is 11.9. The number of ketones is 1. The minimum atomic E-state index is -0.402. The van der Waals surface area contributed by atoms with Gasteiger partial charge in [-0.05, 0) is 68.4 Å². The third-order valence-corrected chi connectivity index (χ3v) is 7.75.